The highest BCUT2D eigenvalue weighted by Crippen LogP contribution is 2.31. The molecule has 3 rings (SSSR count). The number of fused-ring (bicyclic) bond motifs is 1. The molecule has 2 heterocycles. The minimum atomic E-state index is 0.00506. The van der Waals surface area contributed by atoms with Gasteiger partial charge < -0.3 is 25.5 Å². The molecule has 4 N–H and O–H groups in total. The Morgan fingerprint density at radius 2 is 2.28 bits per heavy atom. The van der Waals surface area contributed by atoms with Gasteiger partial charge in [-0.05, 0) is 25.0 Å². The van der Waals surface area contributed by atoms with Crippen molar-refractivity contribution in [3.63, 3.8) is 0 Å². The van der Waals surface area contributed by atoms with Crippen LogP contribution in [0.15, 0.2) is 29.3 Å². The van der Waals surface area contributed by atoms with Gasteiger partial charge in [-0.1, -0.05) is 12.1 Å². The van der Waals surface area contributed by atoms with Crippen molar-refractivity contribution in [1.29, 1.82) is 0 Å². The fourth-order valence-electron chi connectivity index (χ4n) is 3.23. The van der Waals surface area contributed by atoms with Gasteiger partial charge >= 0.3 is 0 Å². The summed E-state index contributed by atoms with van der Waals surface area (Å²) in [6, 6.07) is 8.03. The standard InChI is InChI=1S/C18H27N5O2/c1-19-17(21-12-18(7-10-24)8-11-25-13-18)20-9-6-16-22-14-4-2-3-5-15(14)23-16/h2-5,24H,6-13H2,1H3,(H,22,23)(H2,19,20,21). The van der Waals surface area contributed by atoms with Crippen LogP contribution in [0.5, 0.6) is 0 Å². The molecule has 0 aliphatic carbocycles. The lowest BCUT2D eigenvalue weighted by molar-refractivity contribution is 0.127. The number of imidazole rings is 1. The van der Waals surface area contributed by atoms with Crippen LogP contribution in [0.3, 0.4) is 0 Å². The maximum atomic E-state index is 9.30. The molecule has 7 heteroatoms. The molecule has 136 valence electrons. The average Bonchev–Trinajstić information content (AvgIpc) is 3.25. The summed E-state index contributed by atoms with van der Waals surface area (Å²) in [5.41, 5.74) is 2.06. The van der Waals surface area contributed by atoms with Crippen LogP contribution in [0, 0.1) is 5.41 Å². The number of aromatic amines is 1. The number of H-pyrrole nitrogens is 1. The number of para-hydroxylation sites is 2. The Hall–Kier alpha value is -2.12. The van der Waals surface area contributed by atoms with Gasteiger partial charge in [-0.3, -0.25) is 4.99 Å². The highest BCUT2D eigenvalue weighted by molar-refractivity contribution is 5.79. The smallest absolute Gasteiger partial charge is 0.191 e. The monoisotopic (exact) mass is 345 g/mol. The molecule has 0 bridgehead atoms. The number of nitrogens with one attached hydrogen (secondary N) is 3. The third-order valence-corrected chi connectivity index (χ3v) is 4.77. The molecule has 0 radical (unpaired) electrons. The molecule has 1 fully saturated rings. The first-order valence-corrected chi connectivity index (χ1v) is 8.81. The molecule has 1 aliphatic heterocycles. The van der Waals surface area contributed by atoms with Crippen molar-refractivity contribution < 1.29 is 9.84 Å². The number of aliphatic hydroxyl groups is 1. The van der Waals surface area contributed by atoms with Gasteiger partial charge in [-0.15, -0.1) is 0 Å². The summed E-state index contributed by atoms with van der Waals surface area (Å²) in [7, 11) is 1.76. The van der Waals surface area contributed by atoms with Crippen LogP contribution in [0.4, 0.5) is 0 Å². The van der Waals surface area contributed by atoms with Crippen molar-refractivity contribution in [3.05, 3.63) is 30.1 Å². The molecule has 1 aliphatic rings. The molecule has 1 aromatic carbocycles. The molecular formula is C18H27N5O2. The third-order valence-electron chi connectivity index (χ3n) is 4.77. The van der Waals surface area contributed by atoms with Crippen molar-refractivity contribution in [1.82, 2.24) is 20.6 Å². The normalized spacial score (nSPS) is 21.0. The van der Waals surface area contributed by atoms with Crippen LogP contribution in [-0.4, -0.2) is 61.0 Å². The van der Waals surface area contributed by atoms with Crippen LogP contribution in [0.2, 0.25) is 0 Å². The van der Waals surface area contributed by atoms with E-state index in [1.54, 1.807) is 7.05 Å². The topological polar surface area (TPSA) is 94.6 Å². The molecule has 1 saturated heterocycles. The molecule has 25 heavy (non-hydrogen) atoms. The number of guanidine groups is 1. The predicted octanol–water partition coefficient (Wildman–Crippen LogP) is 1.06. The van der Waals surface area contributed by atoms with Crippen molar-refractivity contribution in [2.24, 2.45) is 10.4 Å². The average molecular weight is 345 g/mol. The van der Waals surface area contributed by atoms with E-state index in [0.717, 1.165) is 61.8 Å². The predicted molar refractivity (Wildman–Crippen MR) is 98.7 cm³/mol. The van der Waals surface area contributed by atoms with E-state index in [4.69, 9.17) is 4.74 Å². The fourth-order valence-corrected chi connectivity index (χ4v) is 3.23. The highest BCUT2D eigenvalue weighted by atomic mass is 16.5. The summed E-state index contributed by atoms with van der Waals surface area (Å²) in [6.45, 7) is 3.13. The zero-order valence-electron chi connectivity index (χ0n) is 14.7. The Morgan fingerprint density at radius 3 is 3.00 bits per heavy atom. The van der Waals surface area contributed by atoms with Gasteiger partial charge in [-0.25, -0.2) is 4.98 Å². The Bertz CT molecular complexity index is 673. The third kappa shape index (κ3) is 4.49. The SMILES string of the molecule is CN=C(NCCc1nc2ccccc2[nH]1)NCC1(CCO)CCOC1. The fraction of sp³-hybridized carbons (Fsp3) is 0.556. The second-order valence-electron chi connectivity index (χ2n) is 6.58. The minimum absolute atomic E-state index is 0.00506. The van der Waals surface area contributed by atoms with E-state index in [1.807, 2.05) is 24.3 Å². The van der Waals surface area contributed by atoms with E-state index < -0.39 is 0 Å². The molecule has 0 saturated carbocycles. The van der Waals surface area contributed by atoms with E-state index in [9.17, 15) is 5.11 Å². The van der Waals surface area contributed by atoms with Gasteiger partial charge in [0.15, 0.2) is 5.96 Å². The first-order valence-electron chi connectivity index (χ1n) is 8.81. The Morgan fingerprint density at radius 1 is 1.40 bits per heavy atom. The number of aromatic nitrogens is 2. The van der Waals surface area contributed by atoms with E-state index in [-0.39, 0.29) is 12.0 Å². The van der Waals surface area contributed by atoms with Crippen molar-refractivity contribution in [3.8, 4) is 0 Å². The van der Waals surface area contributed by atoms with Gasteiger partial charge in [0.05, 0.1) is 17.6 Å². The van der Waals surface area contributed by atoms with E-state index >= 15 is 0 Å². The maximum absolute atomic E-state index is 9.30. The quantitative estimate of drug-likeness (QED) is 0.445. The first kappa shape index (κ1) is 17.7. The number of benzene rings is 1. The lowest BCUT2D eigenvalue weighted by atomic mass is 9.84. The van der Waals surface area contributed by atoms with Gasteiger partial charge in [0.25, 0.3) is 0 Å². The summed E-state index contributed by atoms with van der Waals surface area (Å²) in [5.74, 6) is 1.73. The lowest BCUT2D eigenvalue weighted by Crippen LogP contribution is -2.45. The molecular weight excluding hydrogens is 318 g/mol. The second-order valence-corrected chi connectivity index (χ2v) is 6.58. The van der Waals surface area contributed by atoms with Crippen molar-refractivity contribution in [2.75, 3.05) is 40.0 Å². The van der Waals surface area contributed by atoms with E-state index in [2.05, 4.69) is 25.6 Å². The van der Waals surface area contributed by atoms with Gasteiger partial charge in [-0.2, -0.15) is 0 Å². The Labute approximate surface area is 147 Å². The van der Waals surface area contributed by atoms with Crippen LogP contribution >= 0.6 is 0 Å². The minimum Gasteiger partial charge on any atom is -0.396 e. The zero-order chi connectivity index (χ0) is 17.5. The van der Waals surface area contributed by atoms with Crippen molar-refractivity contribution >= 4 is 17.0 Å². The number of aliphatic hydroxyl groups excluding tert-OH is 1. The van der Waals surface area contributed by atoms with Gasteiger partial charge in [0.1, 0.15) is 5.82 Å². The molecule has 1 atom stereocenters. The van der Waals surface area contributed by atoms with Crippen LogP contribution in [0.1, 0.15) is 18.7 Å². The van der Waals surface area contributed by atoms with E-state index in [1.165, 1.54) is 0 Å². The molecule has 0 spiro atoms. The molecule has 1 unspecified atom stereocenters. The number of ether oxygens (including phenoxy) is 1. The zero-order valence-corrected chi connectivity index (χ0v) is 14.7. The van der Waals surface area contributed by atoms with Crippen LogP contribution < -0.4 is 10.6 Å². The maximum Gasteiger partial charge on any atom is 0.191 e. The number of rotatable bonds is 7. The molecule has 1 aromatic heterocycles. The van der Waals surface area contributed by atoms with Gasteiger partial charge in [0.2, 0.25) is 0 Å². The summed E-state index contributed by atoms with van der Waals surface area (Å²) >= 11 is 0. The van der Waals surface area contributed by atoms with Crippen LogP contribution in [-0.2, 0) is 11.2 Å². The number of hydrogen-bond donors (Lipinski definition) is 4. The second kappa shape index (κ2) is 8.31. The summed E-state index contributed by atoms with van der Waals surface area (Å²) < 4.78 is 5.52. The number of aliphatic imine (C=N–C) groups is 1. The molecule has 0 amide bonds. The Balaban J connectivity index is 1.47. The largest absolute Gasteiger partial charge is 0.396 e. The van der Waals surface area contributed by atoms with Gasteiger partial charge in [0, 0.05) is 45.2 Å². The highest BCUT2D eigenvalue weighted by Gasteiger charge is 2.34. The Kier molecular flexibility index (Phi) is 5.88. The lowest BCUT2D eigenvalue weighted by Gasteiger charge is -2.27. The van der Waals surface area contributed by atoms with E-state index in [0.29, 0.717) is 6.61 Å². The molecule has 7 nitrogen and oxygen atoms in total. The first-order chi connectivity index (χ1) is 12.2. The van der Waals surface area contributed by atoms with Crippen LogP contribution in [0.25, 0.3) is 11.0 Å². The molecule has 2 aromatic rings. The summed E-state index contributed by atoms with van der Waals surface area (Å²) in [5, 5.41) is 16.0. The number of nitrogens with zero attached hydrogens (tertiary/aromatic N) is 2. The summed E-state index contributed by atoms with van der Waals surface area (Å²) in [4.78, 5) is 12.2. The summed E-state index contributed by atoms with van der Waals surface area (Å²) in [6.07, 6.45) is 2.51. The van der Waals surface area contributed by atoms with Crippen molar-refractivity contribution in [2.45, 2.75) is 19.3 Å². The number of hydrogen-bond acceptors (Lipinski definition) is 4.